The Balaban J connectivity index is 1.92. The lowest BCUT2D eigenvalue weighted by Gasteiger charge is -2.40. The summed E-state index contributed by atoms with van der Waals surface area (Å²) in [5.74, 6) is 1.92. The average Bonchev–Trinajstić information content (AvgIpc) is 2.90. The van der Waals surface area contributed by atoms with Gasteiger partial charge < -0.3 is 14.4 Å². The molecule has 0 N–H and O–H groups in total. The Morgan fingerprint density at radius 1 is 1.35 bits per heavy atom. The van der Waals surface area contributed by atoms with Gasteiger partial charge in [-0.3, -0.25) is 0 Å². The Labute approximate surface area is 145 Å². The van der Waals surface area contributed by atoms with Crippen LogP contribution >= 0.6 is 15.9 Å². The second kappa shape index (κ2) is 5.53. The first-order valence-electron chi connectivity index (χ1n) is 7.95. The zero-order valence-corrected chi connectivity index (χ0v) is 15.0. The minimum Gasteiger partial charge on any atom is -0.496 e. The van der Waals surface area contributed by atoms with Gasteiger partial charge in [-0.15, -0.1) is 0 Å². The van der Waals surface area contributed by atoms with Gasteiger partial charge in [-0.2, -0.15) is 0 Å². The summed E-state index contributed by atoms with van der Waals surface area (Å²) in [6.07, 6.45) is 8.28. The molecule has 0 radical (unpaired) electrons. The zero-order valence-electron chi connectivity index (χ0n) is 13.4. The monoisotopic (exact) mass is 373 g/mol. The van der Waals surface area contributed by atoms with E-state index in [1.165, 1.54) is 11.1 Å². The van der Waals surface area contributed by atoms with E-state index in [-0.39, 0.29) is 0 Å². The van der Waals surface area contributed by atoms with E-state index in [0.717, 1.165) is 47.5 Å². The molecule has 3 nitrogen and oxygen atoms in total. The highest BCUT2D eigenvalue weighted by Crippen LogP contribution is 2.54. The molecule has 4 heteroatoms. The molecule has 23 heavy (non-hydrogen) atoms. The summed E-state index contributed by atoms with van der Waals surface area (Å²) in [6.45, 7) is 1.95. The van der Waals surface area contributed by atoms with E-state index < -0.39 is 5.60 Å². The summed E-state index contributed by atoms with van der Waals surface area (Å²) in [7, 11) is 3.91. The van der Waals surface area contributed by atoms with Crippen LogP contribution in [0.1, 0.15) is 18.4 Å². The smallest absolute Gasteiger partial charge is 0.162 e. The SMILES string of the molecule is COc1ccc(Br)cc1C12CCN(C)CC1=C1CC=CC=C1O2. The standard InChI is InChI=1S/C19H20BrNO2/c1-21-10-9-19(15-11-13(20)7-8-18(15)22-2)16(12-21)14-5-3-4-6-17(14)23-19/h3-4,6-8,11H,5,9-10,12H2,1-2H3. The lowest BCUT2D eigenvalue weighted by Crippen LogP contribution is -2.42. The largest absolute Gasteiger partial charge is 0.496 e. The van der Waals surface area contributed by atoms with Crippen molar-refractivity contribution in [3.8, 4) is 5.75 Å². The Kier molecular flexibility index (Phi) is 3.62. The van der Waals surface area contributed by atoms with Gasteiger partial charge in [-0.1, -0.05) is 28.1 Å². The Bertz CT molecular complexity index is 750. The first-order valence-corrected chi connectivity index (χ1v) is 8.74. The van der Waals surface area contributed by atoms with Crippen molar-refractivity contribution in [1.29, 1.82) is 0 Å². The molecule has 0 amide bonds. The summed E-state index contributed by atoms with van der Waals surface area (Å²) in [4.78, 5) is 2.37. The molecule has 2 aliphatic heterocycles. The summed E-state index contributed by atoms with van der Waals surface area (Å²) in [5.41, 5.74) is 3.47. The summed E-state index contributed by atoms with van der Waals surface area (Å²) < 4.78 is 13.3. The maximum absolute atomic E-state index is 6.60. The summed E-state index contributed by atoms with van der Waals surface area (Å²) >= 11 is 3.61. The van der Waals surface area contributed by atoms with Gasteiger partial charge in [0, 0.05) is 35.1 Å². The van der Waals surface area contributed by atoms with Crippen LogP contribution in [-0.2, 0) is 10.3 Å². The predicted octanol–water partition coefficient (Wildman–Crippen LogP) is 4.16. The number of fused-ring (bicyclic) bond motifs is 2. The molecule has 1 saturated heterocycles. The predicted molar refractivity (Wildman–Crippen MR) is 94.4 cm³/mol. The second-order valence-corrected chi connectivity index (χ2v) is 7.30. The van der Waals surface area contributed by atoms with Crippen LogP contribution < -0.4 is 4.74 Å². The first-order chi connectivity index (χ1) is 11.1. The van der Waals surface area contributed by atoms with Gasteiger partial charge in [0.2, 0.25) is 0 Å². The van der Waals surface area contributed by atoms with Crippen LogP contribution in [0.15, 0.2) is 57.8 Å². The van der Waals surface area contributed by atoms with Crippen LogP contribution in [-0.4, -0.2) is 32.1 Å². The van der Waals surface area contributed by atoms with Crippen molar-refractivity contribution in [1.82, 2.24) is 4.90 Å². The molecule has 0 bridgehead atoms. The van der Waals surface area contributed by atoms with Crippen LogP contribution in [0.25, 0.3) is 0 Å². The number of hydrogen-bond acceptors (Lipinski definition) is 3. The van der Waals surface area contributed by atoms with E-state index >= 15 is 0 Å². The van der Waals surface area contributed by atoms with E-state index in [1.54, 1.807) is 7.11 Å². The molecule has 4 rings (SSSR count). The van der Waals surface area contributed by atoms with E-state index in [0.29, 0.717) is 0 Å². The number of rotatable bonds is 2. The highest BCUT2D eigenvalue weighted by molar-refractivity contribution is 9.10. The highest BCUT2D eigenvalue weighted by Gasteiger charge is 2.50. The maximum atomic E-state index is 6.60. The fraction of sp³-hybridized carbons (Fsp3) is 0.368. The molecule has 0 saturated carbocycles. The van der Waals surface area contributed by atoms with Gasteiger partial charge in [-0.05, 0) is 43.3 Å². The van der Waals surface area contributed by atoms with Crippen LogP contribution in [0.5, 0.6) is 5.75 Å². The number of methoxy groups -OCH3 is 1. The van der Waals surface area contributed by atoms with Gasteiger partial charge in [0.25, 0.3) is 0 Å². The zero-order chi connectivity index (χ0) is 16.0. The molecule has 2 heterocycles. The Morgan fingerprint density at radius 3 is 3.04 bits per heavy atom. The molecule has 1 aromatic rings. The van der Waals surface area contributed by atoms with E-state index in [2.05, 4.69) is 52.2 Å². The molecule has 120 valence electrons. The Morgan fingerprint density at radius 2 is 2.22 bits per heavy atom. The van der Waals surface area contributed by atoms with Crippen molar-refractivity contribution in [2.24, 2.45) is 0 Å². The molecule has 0 aromatic heterocycles. The molecule has 1 aromatic carbocycles. The topological polar surface area (TPSA) is 21.7 Å². The van der Waals surface area contributed by atoms with E-state index in [1.807, 2.05) is 12.1 Å². The average molecular weight is 374 g/mol. The van der Waals surface area contributed by atoms with Crippen molar-refractivity contribution in [2.45, 2.75) is 18.4 Å². The third-order valence-corrected chi connectivity index (χ3v) is 5.50. The number of ether oxygens (including phenoxy) is 2. The molecule has 0 spiro atoms. The van der Waals surface area contributed by atoms with E-state index in [9.17, 15) is 0 Å². The first kappa shape index (κ1) is 15.0. The Hall–Kier alpha value is -1.52. The molecule has 3 aliphatic rings. The third-order valence-electron chi connectivity index (χ3n) is 5.01. The van der Waals surface area contributed by atoms with Crippen molar-refractivity contribution in [3.05, 3.63) is 63.4 Å². The molecule has 1 unspecified atom stereocenters. The molecule has 1 aliphatic carbocycles. The van der Waals surface area contributed by atoms with Gasteiger partial charge in [0.05, 0.1) is 7.11 Å². The van der Waals surface area contributed by atoms with Crippen molar-refractivity contribution >= 4 is 15.9 Å². The summed E-state index contributed by atoms with van der Waals surface area (Å²) in [6, 6.07) is 6.19. The number of piperidine rings is 1. The van der Waals surface area contributed by atoms with Gasteiger partial charge in [0.15, 0.2) is 5.60 Å². The number of nitrogens with zero attached hydrogens (tertiary/aromatic N) is 1. The van der Waals surface area contributed by atoms with Gasteiger partial charge in [-0.25, -0.2) is 0 Å². The quantitative estimate of drug-likeness (QED) is 0.776. The molecular formula is C19H20BrNO2. The lowest BCUT2D eigenvalue weighted by molar-refractivity contribution is 0.0159. The van der Waals surface area contributed by atoms with Crippen LogP contribution in [0.4, 0.5) is 0 Å². The minimum atomic E-state index is -0.394. The van der Waals surface area contributed by atoms with E-state index in [4.69, 9.17) is 9.47 Å². The summed E-state index contributed by atoms with van der Waals surface area (Å²) in [5, 5.41) is 0. The van der Waals surface area contributed by atoms with Gasteiger partial charge >= 0.3 is 0 Å². The third kappa shape index (κ3) is 2.27. The number of likely N-dealkylation sites (tertiary alicyclic amines) is 1. The number of halogens is 1. The van der Waals surface area contributed by atoms with Crippen LogP contribution in [0, 0.1) is 0 Å². The van der Waals surface area contributed by atoms with Crippen molar-refractivity contribution in [3.63, 3.8) is 0 Å². The molecular weight excluding hydrogens is 354 g/mol. The van der Waals surface area contributed by atoms with Crippen molar-refractivity contribution < 1.29 is 9.47 Å². The number of hydrogen-bond donors (Lipinski definition) is 0. The molecule has 1 fully saturated rings. The molecule has 1 atom stereocenters. The van der Waals surface area contributed by atoms with Crippen LogP contribution in [0.3, 0.4) is 0 Å². The van der Waals surface area contributed by atoms with Crippen LogP contribution in [0.2, 0.25) is 0 Å². The lowest BCUT2D eigenvalue weighted by atomic mass is 9.78. The number of allylic oxidation sites excluding steroid dienone is 4. The number of likely N-dealkylation sites (N-methyl/N-ethyl adjacent to an activating group) is 1. The van der Waals surface area contributed by atoms with Gasteiger partial charge in [0.1, 0.15) is 11.5 Å². The van der Waals surface area contributed by atoms with Crippen molar-refractivity contribution in [2.75, 3.05) is 27.2 Å². The minimum absolute atomic E-state index is 0.394. The fourth-order valence-corrected chi connectivity index (χ4v) is 4.23. The second-order valence-electron chi connectivity index (χ2n) is 6.38. The highest BCUT2D eigenvalue weighted by atomic mass is 79.9. The maximum Gasteiger partial charge on any atom is 0.162 e. The fourth-order valence-electron chi connectivity index (χ4n) is 3.87. The normalized spacial score (nSPS) is 26.5. The number of benzene rings is 1.